The Morgan fingerprint density at radius 1 is 1.26 bits per heavy atom. The van der Waals surface area contributed by atoms with E-state index in [4.69, 9.17) is 9.84 Å². The molecule has 0 amide bonds. The molecule has 6 heteroatoms. The van der Waals surface area contributed by atoms with Crippen LogP contribution in [0.5, 0.6) is 0 Å². The van der Waals surface area contributed by atoms with Gasteiger partial charge in [0.25, 0.3) is 0 Å². The third-order valence-corrected chi connectivity index (χ3v) is 4.50. The average molecular weight is 311 g/mol. The first-order chi connectivity index (χ1) is 11.2. The van der Waals surface area contributed by atoms with Gasteiger partial charge in [-0.1, -0.05) is 6.07 Å². The molecular formula is C17H17N3O3. The van der Waals surface area contributed by atoms with Crippen LogP contribution < -0.4 is 0 Å². The molecule has 3 heterocycles. The summed E-state index contributed by atoms with van der Waals surface area (Å²) in [5.41, 5.74) is 1.13. The molecule has 1 aliphatic heterocycles. The van der Waals surface area contributed by atoms with E-state index in [9.17, 15) is 4.79 Å². The summed E-state index contributed by atoms with van der Waals surface area (Å²) in [4.78, 5) is 15.6. The van der Waals surface area contributed by atoms with Gasteiger partial charge >= 0.3 is 5.97 Å². The predicted octanol–water partition coefficient (Wildman–Crippen LogP) is 2.71. The number of rotatable bonds is 3. The van der Waals surface area contributed by atoms with Gasteiger partial charge in [0, 0.05) is 36.7 Å². The van der Waals surface area contributed by atoms with E-state index in [0.29, 0.717) is 5.92 Å². The average Bonchev–Trinajstić information content (AvgIpc) is 2.98. The second-order valence-electron chi connectivity index (χ2n) is 5.99. The molecule has 3 aromatic rings. The van der Waals surface area contributed by atoms with Gasteiger partial charge in [0.05, 0.1) is 11.8 Å². The highest BCUT2D eigenvalue weighted by atomic mass is 16.5. The summed E-state index contributed by atoms with van der Waals surface area (Å²) in [6, 6.07) is 5.11. The van der Waals surface area contributed by atoms with E-state index in [-0.39, 0.29) is 5.56 Å². The Kier molecular flexibility index (Phi) is 3.46. The molecule has 6 nitrogen and oxygen atoms in total. The first kappa shape index (κ1) is 14.1. The minimum absolute atomic E-state index is 0.272. The van der Waals surface area contributed by atoms with Crippen molar-refractivity contribution in [2.24, 2.45) is 5.92 Å². The number of hydrogen-bond acceptors (Lipinski definition) is 4. The van der Waals surface area contributed by atoms with Crippen LogP contribution in [0.4, 0.5) is 0 Å². The minimum Gasteiger partial charge on any atom is -0.478 e. The fraction of sp³-hybridized carbons (Fsp3) is 0.353. The number of carbonyl (C=O) groups is 1. The summed E-state index contributed by atoms with van der Waals surface area (Å²) in [6.45, 7) is 2.48. The van der Waals surface area contributed by atoms with Crippen molar-refractivity contribution in [2.75, 3.05) is 13.2 Å². The Bertz CT molecular complexity index is 881. The molecule has 0 spiro atoms. The van der Waals surface area contributed by atoms with E-state index >= 15 is 0 Å². The highest BCUT2D eigenvalue weighted by molar-refractivity contribution is 6.06. The van der Waals surface area contributed by atoms with Crippen LogP contribution in [0.2, 0.25) is 0 Å². The third-order valence-electron chi connectivity index (χ3n) is 4.50. The van der Waals surface area contributed by atoms with Crippen LogP contribution in [0.3, 0.4) is 0 Å². The van der Waals surface area contributed by atoms with Crippen LogP contribution in [0, 0.1) is 5.92 Å². The number of carboxylic acid groups (broad SMARTS) is 1. The van der Waals surface area contributed by atoms with Gasteiger partial charge in [-0.05, 0) is 36.3 Å². The number of nitrogens with zero attached hydrogens (tertiary/aromatic N) is 3. The van der Waals surface area contributed by atoms with Gasteiger partial charge in [-0.25, -0.2) is 14.5 Å². The first-order valence-corrected chi connectivity index (χ1v) is 7.78. The largest absolute Gasteiger partial charge is 0.478 e. The number of hydrogen-bond donors (Lipinski definition) is 1. The van der Waals surface area contributed by atoms with Crippen molar-refractivity contribution in [3.05, 3.63) is 36.2 Å². The van der Waals surface area contributed by atoms with E-state index in [1.165, 1.54) is 0 Å². The van der Waals surface area contributed by atoms with Gasteiger partial charge in [0.15, 0.2) is 5.65 Å². The molecule has 4 rings (SSSR count). The first-order valence-electron chi connectivity index (χ1n) is 7.78. The highest BCUT2D eigenvalue weighted by Crippen LogP contribution is 2.26. The topological polar surface area (TPSA) is 77.2 Å². The molecule has 118 valence electrons. The summed E-state index contributed by atoms with van der Waals surface area (Å²) >= 11 is 0. The van der Waals surface area contributed by atoms with Crippen molar-refractivity contribution in [3.63, 3.8) is 0 Å². The van der Waals surface area contributed by atoms with Crippen LogP contribution in [-0.2, 0) is 11.3 Å². The molecular weight excluding hydrogens is 294 g/mol. The lowest BCUT2D eigenvalue weighted by Crippen LogP contribution is -2.21. The maximum atomic E-state index is 11.1. The second-order valence-corrected chi connectivity index (χ2v) is 5.99. The summed E-state index contributed by atoms with van der Waals surface area (Å²) in [7, 11) is 0. The summed E-state index contributed by atoms with van der Waals surface area (Å²) in [5.74, 6) is -0.360. The predicted molar refractivity (Wildman–Crippen MR) is 85.5 cm³/mol. The Morgan fingerprint density at radius 3 is 2.87 bits per heavy atom. The second kappa shape index (κ2) is 5.62. The lowest BCUT2D eigenvalue weighted by atomic mass is 10.0. The van der Waals surface area contributed by atoms with Gasteiger partial charge in [-0.15, -0.1) is 0 Å². The van der Waals surface area contributed by atoms with Crippen LogP contribution in [0.15, 0.2) is 30.6 Å². The maximum Gasteiger partial charge on any atom is 0.335 e. The van der Waals surface area contributed by atoms with E-state index in [1.54, 1.807) is 18.3 Å². The van der Waals surface area contributed by atoms with Gasteiger partial charge in [0.2, 0.25) is 0 Å². The number of pyridine rings is 1. The highest BCUT2D eigenvalue weighted by Gasteiger charge is 2.17. The van der Waals surface area contributed by atoms with Crippen molar-refractivity contribution in [3.8, 4) is 0 Å². The number of carboxylic acids is 1. The third kappa shape index (κ3) is 2.55. The molecule has 0 unspecified atom stereocenters. The van der Waals surface area contributed by atoms with Crippen molar-refractivity contribution >= 4 is 27.8 Å². The SMILES string of the molecule is O=C(O)c1ccc2c(cnc3c2cnn3CC2CCOCC2)c1. The molecule has 0 aliphatic carbocycles. The van der Waals surface area contributed by atoms with Crippen molar-refractivity contribution in [2.45, 2.75) is 19.4 Å². The molecule has 2 aromatic heterocycles. The van der Waals surface area contributed by atoms with Crippen LogP contribution in [0.1, 0.15) is 23.2 Å². The fourth-order valence-electron chi connectivity index (χ4n) is 3.19. The van der Waals surface area contributed by atoms with Crippen molar-refractivity contribution in [1.82, 2.24) is 14.8 Å². The lowest BCUT2D eigenvalue weighted by Gasteiger charge is -2.21. The summed E-state index contributed by atoms with van der Waals surface area (Å²) in [5, 5.41) is 16.4. The molecule has 0 atom stereocenters. The van der Waals surface area contributed by atoms with Crippen LogP contribution in [0.25, 0.3) is 21.8 Å². The van der Waals surface area contributed by atoms with Crippen LogP contribution >= 0.6 is 0 Å². The Labute approximate surface area is 132 Å². The van der Waals surface area contributed by atoms with E-state index in [0.717, 1.165) is 54.4 Å². The number of fused-ring (bicyclic) bond motifs is 3. The molecule has 1 aromatic carbocycles. The monoisotopic (exact) mass is 311 g/mol. The molecule has 23 heavy (non-hydrogen) atoms. The van der Waals surface area contributed by atoms with Gasteiger partial charge in [-0.3, -0.25) is 0 Å². The molecule has 1 fully saturated rings. The number of aromatic carboxylic acids is 1. The van der Waals surface area contributed by atoms with E-state index < -0.39 is 5.97 Å². The molecule has 0 saturated carbocycles. The van der Waals surface area contributed by atoms with Gasteiger partial charge in [0.1, 0.15) is 0 Å². The number of benzene rings is 1. The molecule has 0 bridgehead atoms. The standard InChI is InChI=1S/C17H17N3O3/c21-17(22)12-1-2-14-13(7-12)8-18-16-15(14)9-19-20(16)10-11-3-5-23-6-4-11/h1-2,7-9,11H,3-6,10H2,(H,21,22). The molecule has 0 radical (unpaired) electrons. The van der Waals surface area contributed by atoms with Crippen molar-refractivity contribution in [1.29, 1.82) is 0 Å². The minimum atomic E-state index is -0.929. The summed E-state index contributed by atoms with van der Waals surface area (Å²) in [6.07, 6.45) is 5.66. The quantitative estimate of drug-likeness (QED) is 0.804. The molecule has 1 aliphatic rings. The number of ether oxygens (including phenoxy) is 1. The fourth-order valence-corrected chi connectivity index (χ4v) is 3.19. The normalized spacial score (nSPS) is 16.2. The molecule has 1 N–H and O–H groups in total. The zero-order valence-corrected chi connectivity index (χ0v) is 12.6. The van der Waals surface area contributed by atoms with E-state index in [1.807, 2.05) is 16.9 Å². The Morgan fingerprint density at radius 2 is 2.09 bits per heavy atom. The van der Waals surface area contributed by atoms with Gasteiger partial charge in [-0.2, -0.15) is 5.10 Å². The van der Waals surface area contributed by atoms with Gasteiger partial charge < -0.3 is 9.84 Å². The number of aromatic nitrogens is 3. The van der Waals surface area contributed by atoms with E-state index in [2.05, 4.69) is 10.1 Å². The lowest BCUT2D eigenvalue weighted by molar-refractivity contribution is 0.0605. The maximum absolute atomic E-state index is 11.1. The van der Waals surface area contributed by atoms with Crippen molar-refractivity contribution < 1.29 is 14.6 Å². The zero-order chi connectivity index (χ0) is 15.8. The summed E-state index contributed by atoms with van der Waals surface area (Å²) < 4.78 is 7.36. The Hall–Kier alpha value is -2.47. The van der Waals surface area contributed by atoms with Crippen LogP contribution in [-0.4, -0.2) is 39.1 Å². The zero-order valence-electron chi connectivity index (χ0n) is 12.6. The molecule has 1 saturated heterocycles. The Balaban J connectivity index is 1.74. The smallest absolute Gasteiger partial charge is 0.335 e.